The van der Waals surface area contributed by atoms with Gasteiger partial charge in [-0.25, -0.2) is 4.79 Å². The minimum Gasteiger partial charge on any atom is -0.465 e. The second kappa shape index (κ2) is 8.82. The molecule has 5 nitrogen and oxygen atoms in total. The molecule has 0 radical (unpaired) electrons. The number of methoxy groups -OCH3 is 1. The van der Waals surface area contributed by atoms with Gasteiger partial charge in [-0.3, -0.25) is 9.78 Å². The van der Waals surface area contributed by atoms with Crippen LogP contribution in [-0.2, 0) is 11.3 Å². The molecule has 2 aromatic rings. The minimum atomic E-state index is -0.504. The lowest BCUT2D eigenvalue weighted by atomic mass is 10.1. The Balaban J connectivity index is 2.29. The number of hydrogen-bond donors (Lipinski definition) is 0. The Kier molecular flexibility index (Phi) is 6.49. The molecule has 24 heavy (non-hydrogen) atoms. The van der Waals surface area contributed by atoms with Crippen molar-refractivity contribution in [3.63, 3.8) is 0 Å². The van der Waals surface area contributed by atoms with Gasteiger partial charge in [-0.15, -0.1) is 0 Å². The number of ether oxygens (including phenoxy) is 1. The van der Waals surface area contributed by atoms with Crippen LogP contribution in [0, 0.1) is 0 Å². The van der Waals surface area contributed by atoms with Crippen LogP contribution in [0.4, 0.5) is 0 Å². The highest BCUT2D eigenvalue weighted by molar-refractivity contribution is 6.05. The van der Waals surface area contributed by atoms with E-state index in [-0.39, 0.29) is 11.5 Å². The first-order chi connectivity index (χ1) is 11.7. The van der Waals surface area contributed by atoms with E-state index in [1.54, 1.807) is 41.6 Å². The molecule has 0 fully saturated rings. The molecule has 1 aromatic heterocycles. The molecule has 0 aliphatic heterocycles. The van der Waals surface area contributed by atoms with Crippen molar-refractivity contribution in [1.82, 2.24) is 9.88 Å². The lowest BCUT2D eigenvalue weighted by Crippen LogP contribution is -2.32. The highest BCUT2D eigenvalue weighted by Crippen LogP contribution is 2.16. The van der Waals surface area contributed by atoms with Gasteiger partial charge in [-0.1, -0.05) is 31.5 Å². The summed E-state index contributed by atoms with van der Waals surface area (Å²) in [7, 11) is 1.31. The van der Waals surface area contributed by atoms with Gasteiger partial charge in [0.2, 0.25) is 0 Å². The van der Waals surface area contributed by atoms with E-state index in [9.17, 15) is 9.59 Å². The number of unbranched alkanes of at least 4 members (excludes halogenated alkanes) is 1. The zero-order valence-corrected chi connectivity index (χ0v) is 14.1. The molecule has 2 rings (SSSR count). The predicted molar refractivity (Wildman–Crippen MR) is 91.7 cm³/mol. The molecule has 0 N–H and O–H groups in total. The van der Waals surface area contributed by atoms with Gasteiger partial charge in [-0.05, 0) is 30.2 Å². The summed E-state index contributed by atoms with van der Waals surface area (Å²) >= 11 is 0. The second-order valence-electron chi connectivity index (χ2n) is 5.48. The number of carbonyl (C=O) groups excluding carboxylic acids is 2. The van der Waals surface area contributed by atoms with Gasteiger partial charge in [0.15, 0.2) is 0 Å². The number of carbonyl (C=O) groups is 2. The lowest BCUT2D eigenvalue weighted by molar-refractivity contribution is 0.0589. The third-order valence-electron chi connectivity index (χ3n) is 3.73. The highest BCUT2D eigenvalue weighted by atomic mass is 16.5. The molecule has 1 amide bonds. The van der Waals surface area contributed by atoms with Crippen LogP contribution < -0.4 is 0 Å². The van der Waals surface area contributed by atoms with Crippen molar-refractivity contribution in [2.24, 2.45) is 0 Å². The molecule has 0 aliphatic rings. The molecule has 0 saturated heterocycles. The van der Waals surface area contributed by atoms with Crippen molar-refractivity contribution in [3.8, 4) is 0 Å². The van der Waals surface area contributed by atoms with E-state index in [1.807, 2.05) is 12.1 Å². The molecule has 0 saturated carbocycles. The summed E-state index contributed by atoms with van der Waals surface area (Å²) in [5.74, 6) is -0.677. The van der Waals surface area contributed by atoms with Crippen molar-refractivity contribution in [3.05, 3.63) is 65.5 Å². The molecule has 0 bridgehead atoms. The molecule has 0 atom stereocenters. The number of hydrogen-bond acceptors (Lipinski definition) is 4. The van der Waals surface area contributed by atoms with Crippen LogP contribution in [-0.4, -0.2) is 35.4 Å². The second-order valence-corrected chi connectivity index (χ2v) is 5.48. The molecular formula is C19H22N2O3. The van der Waals surface area contributed by atoms with Crippen LogP contribution in [0.5, 0.6) is 0 Å². The number of nitrogens with zero attached hydrogens (tertiary/aromatic N) is 2. The fourth-order valence-electron chi connectivity index (χ4n) is 2.44. The van der Waals surface area contributed by atoms with E-state index in [4.69, 9.17) is 4.74 Å². The normalized spacial score (nSPS) is 10.2. The summed E-state index contributed by atoms with van der Waals surface area (Å²) in [5.41, 5.74) is 1.61. The molecule has 0 spiro atoms. The fraction of sp³-hybridized carbons (Fsp3) is 0.316. The van der Waals surface area contributed by atoms with E-state index in [0.29, 0.717) is 18.7 Å². The zero-order valence-electron chi connectivity index (χ0n) is 14.1. The van der Waals surface area contributed by atoms with Crippen LogP contribution in [0.3, 0.4) is 0 Å². The summed E-state index contributed by atoms with van der Waals surface area (Å²) in [6.07, 6.45) is 5.33. The van der Waals surface area contributed by atoms with Crippen LogP contribution in [0.15, 0.2) is 48.8 Å². The number of aromatic nitrogens is 1. The van der Waals surface area contributed by atoms with Gasteiger partial charge in [0.05, 0.1) is 18.2 Å². The van der Waals surface area contributed by atoms with E-state index in [1.165, 1.54) is 7.11 Å². The Morgan fingerprint density at radius 1 is 1.12 bits per heavy atom. The predicted octanol–water partition coefficient (Wildman–Crippen LogP) is 3.31. The smallest absolute Gasteiger partial charge is 0.338 e. The van der Waals surface area contributed by atoms with Crippen molar-refractivity contribution < 1.29 is 14.3 Å². The number of pyridine rings is 1. The third-order valence-corrected chi connectivity index (χ3v) is 3.73. The monoisotopic (exact) mass is 326 g/mol. The number of amides is 1. The quantitative estimate of drug-likeness (QED) is 0.732. The number of esters is 1. The summed E-state index contributed by atoms with van der Waals surface area (Å²) in [6.45, 7) is 3.16. The van der Waals surface area contributed by atoms with Gasteiger partial charge in [-0.2, -0.15) is 0 Å². The van der Waals surface area contributed by atoms with Crippen LogP contribution in [0.1, 0.15) is 46.0 Å². The van der Waals surface area contributed by atoms with Gasteiger partial charge in [0, 0.05) is 25.5 Å². The van der Waals surface area contributed by atoms with Gasteiger partial charge >= 0.3 is 5.97 Å². The van der Waals surface area contributed by atoms with E-state index < -0.39 is 5.97 Å². The average molecular weight is 326 g/mol. The maximum atomic E-state index is 13.0. The largest absolute Gasteiger partial charge is 0.465 e. The van der Waals surface area contributed by atoms with Crippen LogP contribution in [0.25, 0.3) is 0 Å². The van der Waals surface area contributed by atoms with Gasteiger partial charge in [0.25, 0.3) is 5.91 Å². The maximum absolute atomic E-state index is 13.0. The van der Waals surface area contributed by atoms with Crippen molar-refractivity contribution >= 4 is 11.9 Å². The maximum Gasteiger partial charge on any atom is 0.338 e. The minimum absolute atomic E-state index is 0.173. The lowest BCUT2D eigenvalue weighted by Gasteiger charge is -2.23. The Morgan fingerprint density at radius 3 is 2.50 bits per heavy atom. The topological polar surface area (TPSA) is 59.5 Å². The zero-order chi connectivity index (χ0) is 17.4. The fourth-order valence-corrected chi connectivity index (χ4v) is 2.44. The first-order valence-electron chi connectivity index (χ1n) is 8.03. The first-order valence-corrected chi connectivity index (χ1v) is 8.03. The number of benzene rings is 1. The van der Waals surface area contributed by atoms with E-state index >= 15 is 0 Å². The molecular weight excluding hydrogens is 304 g/mol. The van der Waals surface area contributed by atoms with Gasteiger partial charge in [0.1, 0.15) is 0 Å². The molecule has 0 aliphatic carbocycles. The van der Waals surface area contributed by atoms with Crippen molar-refractivity contribution in [2.75, 3.05) is 13.7 Å². The van der Waals surface area contributed by atoms with Crippen LogP contribution >= 0.6 is 0 Å². The SMILES string of the molecule is CCCCN(Cc1cccnc1)C(=O)c1ccccc1C(=O)OC. The van der Waals surface area contributed by atoms with E-state index in [2.05, 4.69) is 11.9 Å². The summed E-state index contributed by atoms with van der Waals surface area (Å²) in [5, 5.41) is 0. The van der Waals surface area contributed by atoms with E-state index in [0.717, 1.165) is 18.4 Å². The molecule has 1 heterocycles. The molecule has 5 heteroatoms. The molecule has 0 unspecified atom stereocenters. The highest BCUT2D eigenvalue weighted by Gasteiger charge is 2.22. The van der Waals surface area contributed by atoms with Crippen molar-refractivity contribution in [2.45, 2.75) is 26.3 Å². The standard InChI is InChI=1S/C19H22N2O3/c1-3-4-12-21(14-15-8-7-11-20-13-15)18(22)16-9-5-6-10-17(16)19(23)24-2/h5-11,13H,3-4,12,14H2,1-2H3. The molecule has 1 aromatic carbocycles. The average Bonchev–Trinajstić information content (AvgIpc) is 2.64. The summed E-state index contributed by atoms with van der Waals surface area (Å²) < 4.78 is 4.79. The molecule has 126 valence electrons. The number of rotatable bonds is 7. The third kappa shape index (κ3) is 4.41. The Morgan fingerprint density at radius 2 is 1.88 bits per heavy atom. The van der Waals surface area contributed by atoms with Crippen molar-refractivity contribution in [1.29, 1.82) is 0 Å². The Labute approximate surface area is 142 Å². The summed E-state index contributed by atoms with van der Waals surface area (Å²) in [6, 6.07) is 10.5. The summed E-state index contributed by atoms with van der Waals surface area (Å²) in [4.78, 5) is 30.8. The van der Waals surface area contributed by atoms with Gasteiger partial charge < -0.3 is 9.64 Å². The van der Waals surface area contributed by atoms with Crippen LogP contribution in [0.2, 0.25) is 0 Å². The Bertz CT molecular complexity index is 686. The first kappa shape index (κ1) is 17.7. The Hall–Kier alpha value is -2.69.